The molecule has 1 aliphatic heterocycles. The summed E-state index contributed by atoms with van der Waals surface area (Å²) in [6.07, 6.45) is 10.5. The summed E-state index contributed by atoms with van der Waals surface area (Å²) >= 11 is 0. The smallest absolute Gasteiger partial charge is 0.159 e. The lowest BCUT2D eigenvalue weighted by molar-refractivity contribution is -0.206. The van der Waals surface area contributed by atoms with E-state index in [2.05, 4.69) is 71.1 Å². The van der Waals surface area contributed by atoms with Gasteiger partial charge in [-0.2, -0.15) is 0 Å². The fourth-order valence-corrected chi connectivity index (χ4v) is 15.7. The highest BCUT2D eigenvalue weighted by molar-refractivity contribution is 6.00. The number of carbonyl (C=O) groups excluding carboxylic acids is 2. The maximum absolute atomic E-state index is 15.0. The second kappa shape index (κ2) is 14.1. The highest BCUT2D eigenvalue weighted by Gasteiger charge is 2.74. The average molecular weight is 805 g/mol. The number of fused-ring (bicyclic) bond motifs is 5. The van der Waals surface area contributed by atoms with Gasteiger partial charge in [0, 0.05) is 35.5 Å². The predicted molar refractivity (Wildman–Crippen MR) is 230 cm³/mol. The number of aliphatic hydroxyl groups is 2. The number of aliphatic hydroxyl groups excluding tert-OH is 2. The van der Waals surface area contributed by atoms with Crippen molar-refractivity contribution >= 4 is 17.3 Å². The SMILES string of the molecule is C[C@H](O)CN[C@H]1C[C@@]2(C)[C@@H](CCC3=C([C@H](C)C[C@@H](O)[C@@H]4O[C@]4(C)[C@H]4CCC[C@H]4c4cccc(N)c4)C(=O)C[C@@]32C)[C@]2(C)[C@@H]3C=CC[C@](C)(C(=O)[C@@H]3c3cccc(O)c3)[C@@H]12. The Hall–Kier alpha value is -3.30. The molecule has 5 fully saturated rings. The van der Waals surface area contributed by atoms with E-state index in [1.807, 2.05) is 31.2 Å². The Labute approximate surface area is 351 Å². The Bertz CT molecular complexity index is 2090. The molecule has 0 spiro atoms. The highest BCUT2D eigenvalue weighted by Crippen LogP contribution is 2.77. The van der Waals surface area contributed by atoms with E-state index in [-0.39, 0.29) is 69.9 Å². The first-order chi connectivity index (χ1) is 27.9. The van der Waals surface area contributed by atoms with Crippen LogP contribution in [0.1, 0.15) is 129 Å². The normalized spacial score (nSPS) is 43.8. The largest absolute Gasteiger partial charge is 0.508 e. The van der Waals surface area contributed by atoms with Gasteiger partial charge in [-0.05, 0) is 146 Å². The first-order valence-corrected chi connectivity index (χ1v) is 22.8. The van der Waals surface area contributed by atoms with E-state index in [1.165, 1.54) is 11.1 Å². The van der Waals surface area contributed by atoms with Gasteiger partial charge < -0.3 is 31.1 Å². The van der Waals surface area contributed by atoms with Gasteiger partial charge in [-0.25, -0.2) is 0 Å². The minimum absolute atomic E-state index is 0.0132. The quantitative estimate of drug-likeness (QED) is 0.0915. The number of phenolic OH excluding ortho intramolecular Hbond substituents is 1. The minimum atomic E-state index is -0.680. The van der Waals surface area contributed by atoms with Crippen LogP contribution in [0.3, 0.4) is 0 Å². The molecule has 0 aromatic heterocycles. The molecule has 0 unspecified atom stereocenters. The van der Waals surface area contributed by atoms with Crippen LogP contribution in [0.4, 0.5) is 5.69 Å². The van der Waals surface area contributed by atoms with Gasteiger partial charge in [0.2, 0.25) is 0 Å². The van der Waals surface area contributed by atoms with Crippen molar-refractivity contribution in [3.63, 3.8) is 0 Å². The number of anilines is 1. The maximum Gasteiger partial charge on any atom is 0.159 e. The van der Waals surface area contributed by atoms with Crippen LogP contribution in [-0.2, 0) is 14.3 Å². The van der Waals surface area contributed by atoms with Crippen LogP contribution in [0, 0.1) is 51.2 Å². The Kier molecular flexibility index (Phi) is 9.83. The molecule has 16 atom stereocenters. The molecule has 318 valence electrons. The summed E-state index contributed by atoms with van der Waals surface area (Å²) in [7, 11) is 0. The van der Waals surface area contributed by atoms with Gasteiger partial charge in [0.25, 0.3) is 0 Å². The molecule has 6 N–H and O–H groups in total. The molecule has 8 aliphatic rings. The van der Waals surface area contributed by atoms with Crippen LogP contribution in [0.5, 0.6) is 5.75 Å². The van der Waals surface area contributed by atoms with E-state index in [1.54, 1.807) is 12.1 Å². The number of hydrogen-bond acceptors (Lipinski definition) is 8. The van der Waals surface area contributed by atoms with Crippen molar-refractivity contribution in [2.24, 2.45) is 51.2 Å². The Morgan fingerprint density at radius 1 is 0.966 bits per heavy atom. The Morgan fingerprint density at radius 3 is 2.44 bits per heavy atom. The molecule has 1 heterocycles. The molecule has 2 aromatic carbocycles. The van der Waals surface area contributed by atoms with E-state index in [4.69, 9.17) is 10.5 Å². The lowest BCUT2D eigenvalue weighted by Crippen LogP contribution is -2.72. The number of Topliss-reactive ketones (excluding diaryl/α,β-unsaturated/α-hetero) is 2. The molecule has 59 heavy (non-hydrogen) atoms. The summed E-state index contributed by atoms with van der Waals surface area (Å²) in [6.45, 7) is 16.0. The topological polar surface area (TPSA) is 145 Å². The van der Waals surface area contributed by atoms with Gasteiger partial charge in [0.1, 0.15) is 17.6 Å². The minimum Gasteiger partial charge on any atom is -0.508 e. The van der Waals surface area contributed by atoms with Crippen molar-refractivity contribution in [3.05, 3.63) is 83.0 Å². The average Bonchev–Trinajstić information content (AvgIpc) is 3.56. The van der Waals surface area contributed by atoms with Gasteiger partial charge in [-0.3, -0.25) is 9.59 Å². The number of nitrogen functional groups attached to an aromatic ring is 1. The van der Waals surface area contributed by atoms with Gasteiger partial charge in [0.15, 0.2) is 5.78 Å². The van der Waals surface area contributed by atoms with Crippen LogP contribution in [0.2, 0.25) is 0 Å². The number of nitrogens with two attached hydrogens (primary N) is 1. The number of aromatic hydroxyl groups is 1. The number of epoxide rings is 1. The number of nitrogens with one attached hydrogen (secondary N) is 1. The molecule has 10 rings (SSSR count). The molecule has 7 aliphatic carbocycles. The fraction of sp³-hybridized carbons (Fsp3) is 0.647. The first-order valence-electron chi connectivity index (χ1n) is 22.8. The van der Waals surface area contributed by atoms with Crippen molar-refractivity contribution in [2.45, 2.75) is 148 Å². The van der Waals surface area contributed by atoms with Crippen LogP contribution < -0.4 is 11.1 Å². The zero-order valence-corrected chi connectivity index (χ0v) is 36.3. The number of allylic oxidation sites excluding steroid dienone is 4. The molecule has 1 saturated heterocycles. The third-order valence-electron chi connectivity index (χ3n) is 18.3. The molecule has 4 saturated carbocycles. The lowest BCUT2D eigenvalue weighted by atomic mass is 9.32. The number of ketones is 2. The second-order valence-electron chi connectivity index (χ2n) is 21.5. The van der Waals surface area contributed by atoms with Crippen LogP contribution >= 0.6 is 0 Å². The molecular weight excluding hydrogens is 737 g/mol. The summed E-state index contributed by atoms with van der Waals surface area (Å²) in [5, 5.41) is 37.0. The summed E-state index contributed by atoms with van der Waals surface area (Å²) in [5.41, 5.74) is 9.20. The van der Waals surface area contributed by atoms with E-state index >= 15 is 4.79 Å². The third-order valence-corrected chi connectivity index (χ3v) is 18.3. The molecule has 0 amide bonds. The van der Waals surface area contributed by atoms with Crippen LogP contribution in [0.15, 0.2) is 71.8 Å². The lowest BCUT2D eigenvalue weighted by Gasteiger charge is -2.72. The monoisotopic (exact) mass is 805 g/mol. The van der Waals surface area contributed by atoms with E-state index < -0.39 is 28.6 Å². The number of ether oxygens (including phenoxy) is 1. The Morgan fingerprint density at radius 2 is 1.71 bits per heavy atom. The molecule has 2 bridgehead atoms. The van der Waals surface area contributed by atoms with E-state index in [9.17, 15) is 20.1 Å². The number of hydrogen-bond donors (Lipinski definition) is 5. The van der Waals surface area contributed by atoms with Crippen LogP contribution in [-0.4, -0.2) is 63.4 Å². The summed E-state index contributed by atoms with van der Waals surface area (Å²) < 4.78 is 6.50. The van der Waals surface area contributed by atoms with E-state index in [0.29, 0.717) is 37.6 Å². The predicted octanol–water partition coefficient (Wildman–Crippen LogP) is 8.41. The van der Waals surface area contributed by atoms with Gasteiger partial charge >= 0.3 is 0 Å². The summed E-state index contributed by atoms with van der Waals surface area (Å²) in [6, 6.07) is 15.5. The van der Waals surface area contributed by atoms with Gasteiger partial charge in [-0.15, -0.1) is 0 Å². The zero-order chi connectivity index (χ0) is 42.0. The van der Waals surface area contributed by atoms with Gasteiger partial charge in [0.05, 0.1) is 23.7 Å². The van der Waals surface area contributed by atoms with Crippen molar-refractivity contribution in [1.82, 2.24) is 5.32 Å². The molecule has 8 nitrogen and oxygen atoms in total. The van der Waals surface area contributed by atoms with Gasteiger partial charge in [-0.1, -0.05) is 83.0 Å². The standard InChI is InChI=1S/C51H68N2O6/c1-28(22-39(56)46-51(7,59-46)35-17-10-16-34(35)30-12-8-14-32(52)23-30)42-36-19-20-41-49(5,48(36,4)26-40(42)57)25-38(53-27-29(2)54)44-47(3)21-11-18-37(50(41,44)6)43(45(47)58)31-13-9-15-33(55)24-31/h8-9,11-15,18,23-24,28-29,34-35,37-39,41,43-44,46,53-56H,10,16-17,19-22,25-27,52H2,1-7H3/t28-,29+,34+,35+,37-,38+,39-,41-,43-,44-,46+,47+,48+,49+,50+,51-/m1/s1. The summed E-state index contributed by atoms with van der Waals surface area (Å²) in [4.78, 5) is 29.7. The maximum atomic E-state index is 15.0. The number of phenols is 1. The molecule has 2 aromatic rings. The first kappa shape index (κ1) is 41.1. The second-order valence-corrected chi connectivity index (χ2v) is 21.5. The number of benzene rings is 2. The number of carbonyl (C=O) groups is 2. The van der Waals surface area contributed by atoms with Crippen molar-refractivity contribution in [3.8, 4) is 5.75 Å². The van der Waals surface area contributed by atoms with E-state index in [0.717, 1.165) is 55.3 Å². The summed E-state index contributed by atoms with van der Waals surface area (Å²) in [5.74, 6) is 0.908. The third kappa shape index (κ3) is 5.96. The molecular formula is C51H68N2O6. The molecule has 0 radical (unpaired) electrons. The Balaban J connectivity index is 1.04. The van der Waals surface area contributed by atoms with Crippen molar-refractivity contribution in [1.29, 1.82) is 0 Å². The zero-order valence-electron chi connectivity index (χ0n) is 36.3. The highest BCUT2D eigenvalue weighted by atomic mass is 16.6. The van der Waals surface area contributed by atoms with Crippen LogP contribution in [0.25, 0.3) is 0 Å². The molecule has 8 heteroatoms. The van der Waals surface area contributed by atoms with Crippen molar-refractivity contribution in [2.75, 3.05) is 12.3 Å². The fourth-order valence-electron chi connectivity index (χ4n) is 15.7. The van der Waals surface area contributed by atoms with Crippen molar-refractivity contribution < 1.29 is 29.6 Å². The number of rotatable bonds is 10.